The third-order valence-corrected chi connectivity index (χ3v) is 9.25. The minimum atomic E-state index is -3.94. The number of amides is 2. The topological polar surface area (TPSA) is 105 Å². The molecule has 0 aromatic heterocycles. The molecule has 0 bridgehead atoms. The highest BCUT2D eigenvalue weighted by Crippen LogP contribution is 2.35. The first-order chi connectivity index (χ1) is 20.1. The van der Waals surface area contributed by atoms with Crippen LogP contribution in [0.1, 0.15) is 25.0 Å². The van der Waals surface area contributed by atoms with Crippen LogP contribution in [0.15, 0.2) is 66.7 Å². The van der Waals surface area contributed by atoms with E-state index in [1.807, 2.05) is 30.3 Å². The van der Waals surface area contributed by atoms with Gasteiger partial charge in [0.05, 0.1) is 11.4 Å². The van der Waals surface area contributed by atoms with Gasteiger partial charge in [0.25, 0.3) is 0 Å². The number of nitrogens with one attached hydrogen (secondary N) is 1. The molecule has 1 unspecified atom stereocenters. The Bertz CT molecular complexity index is 1500. The molecule has 0 radical (unpaired) electrons. The highest BCUT2D eigenvalue weighted by atomic mass is 35.5. The molecule has 9 nitrogen and oxygen atoms in total. The predicted molar refractivity (Wildman–Crippen MR) is 164 cm³/mol. The van der Waals surface area contributed by atoms with Crippen LogP contribution in [0.2, 0.25) is 10.0 Å². The Hall–Kier alpha value is -3.47. The van der Waals surface area contributed by atoms with Gasteiger partial charge in [-0.3, -0.25) is 13.9 Å². The van der Waals surface area contributed by atoms with Crippen LogP contribution in [0.25, 0.3) is 0 Å². The van der Waals surface area contributed by atoms with E-state index in [0.717, 1.165) is 9.87 Å². The lowest BCUT2D eigenvalue weighted by atomic mass is 10.0. The maximum Gasteiger partial charge on any atom is 0.244 e. The van der Waals surface area contributed by atoms with Gasteiger partial charge in [-0.2, -0.15) is 0 Å². The van der Waals surface area contributed by atoms with Gasteiger partial charge in [0.15, 0.2) is 11.5 Å². The van der Waals surface area contributed by atoms with Crippen molar-refractivity contribution in [3.63, 3.8) is 0 Å². The van der Waals surface area contributed by atoms with Crippen molar-refractivity contribution < 1.29 is 27.5 Å². The molecule has 3 aromatic rings. The summed E-state index contributed by atoms with van der Waals surface area (Å²) in [6.07, 6.45) is 0.186. The summed E-state index contributed by atoms with van der Waals surface area (Å²) in [5.74, 6) is -0.382. The van der Waals surface area contributed by atoms with E-state index in [9.17, 15) is 18.0 Å². The van der Waals surface area contributed by atoms with Crippen molar-refractivity contribution in [2.24, 2.45) is 0 Å². The Morgan fingerprint density at radius 2 is 1.60 bits per heavy atom. The highest BCUT2D eigenvalue weighted by Gasteiger charge is 2.34. The zero-order valence-electron chi connectivity index (χ0n) is 23.4. The number of carbonyl (C=O) groups is 2. The molecule has 1 aliphatic rings. The van der Waals surface area contributed by atoms with Gasteiger partial charge in [-0.1, -0.05) is 59.6 Å². The average molecular weight is 635 g/mol. The molecule has 0 fully saturated rings. The van der Waals surface area contributed by atoms with E-state index in [1.54, 1.807) is 37.3 Å². The first-order valence-corrected chi connectivity index (χ1v) is 15.9. The fourth-order valence-corrected chi connectivity index (χ4v) is 6.18. The van der Waals surface area contributed by atoms with Crippen LogP contribution >= 0.6 is 23.2 Å². The van der Waals surface area contributed by atoms with E-state index in [2.05, 4.69) is 5.32 Å². The Morgan fingerprint density at radius 1 is 0.929 bits per heavy atom. The van der Waals surface area contributed by atoms with Gasteiger partial charge in [0, 0.05) is 41.2 Å². The molecular formula is C30H33Cl2N3O6S. The summed E-state index contributed by atoms with van der Waals surface area (Å²) in [5, 5.41) is 3.45. The molecule has 0 spiro atoms. The van der Waals surface area contributed by atoms with Gasteiger partial charge in [-0.15, -0.1) is 0 Å². The number of fused-ring (bicyclic) bond motifs is 1. The van der Waals surface area contributed by atoms with Crippen molar-refractivity contribution in [2.45, 2.75) is 32.9 Å². The van der Waals surface area contributed by atoms with Gasteiger partial charge in [0.1, 0.15) is 25.8 Å². The normalized spacial score (nSPS) is 13.2. The Labute approximate surface area is 256 Å². The van der Waals surface area contributed by atoms with Crippen molar-refractivity contribution in [3.05, 3.63) is 87.9 Å². The van der Waals surface area contributed by atoms with Gasteiger partial charge in [-0.25, -0.2) is 8.42 Å². The zero-order valence-corrected chi connectivity index (χ0v) is 25.7. The molecule has 1 N–H and O–H groups in total. The number of likely N-dealkylation sites (N-methyl/N-ethyl adjacent to an activating group) is 1. The average Bonchev–Trinajstić information content (AvgIpc) is 2.99. The fraction of sp³-hybridized carbons (Fsp3) is 0.333. The number of nitrogens with zero attached hydrogens (tertiary/aromatic N) is 2. The smallest absolute Gasteiger partial charge is 0.244 e. The van der Waals surface area contributed by atoms with Crippen molar-refractivity contribution in [2.75, 3.05) is 36.4 Å². The first kappa shape index (κ1) is 31.5. The Morgan fingerprint density at radius 3 is 2.24 bits per heavy atom. The van der Waals surface area contributed by atoms with E-state index in [-0.39, 0.29) is 30.3 Å². The van der Waals surface area contributed by atoms with E-state index in [4.69, 9.17) is 32.7 Å². The van der Waals surface area contributed by atoms with Crippen LogP contribution in [0, 0.1) is 0 Å². The maximum absolute atomic E-state index is 14.2. The molecule has 0 saturated heterocycles. The summed E-state index contributed by atoms with van der Waals surface area (Å²) in [6.45, 7) is 3.63. The van der Waals surface area contributed by atoms with E-state index < -0.39 is 28.5 Å². The second-order valence-corrected chi connectivity index (χ2v) is 12.6. The van der Waals surface area contributed by atoms with Crippen molar-refractivity contribution in [1.29, 1.82) is 0 Å². The second kappa shape index (κ2) is 14.1. The summed E-state index contributed by atoms with van der Waals surface area (Å²) in [6, 6.07) is 18.0. The van der Waals surface area contributed by atoms with E-state index in [1.165, 1.54) is 17.9 Å². The lowest BCUT2D eigenvalue weighted by Gasteiger charge is -2.34. The number of benzene rings is 3. The Kier molecular flexibility index (Phi) is 10.6. The minimum absolute atomic E-state index is 0.118. The number of halogens is 2. The largest absolute Gasteiger partial charge is 0.486 e. The van der Waals surface area contributed by atoms with Crippen LogP contribution in [0.4, 0.5) is 5.69 Å². The van der Waals surface area contributed by atoms with Crippen molar-refractivity contribution >= 4 is 50.7 Å². The molecule has 1 aliphatic heterocycles. The van der Waals surface area contributed by atoms with Crippen LogP contribution in [0.5, 0.6) is 11.5 Å². The van der Waals surface area contributed by atoms with Crippen molar-refractivity contribution in [1.82, 2.24) is 10.2 Å². The third-order valence-electron chi connectivity index (χ3n) is 6.81. The molecule has 0 aliphatic carbocycles. The molecule has 1 heterocycles. The summed E-state index contributed by atoms with van der Waals surface area (Å²) < 4.78 is 39.0. The molecular weight excluding hydrogens is 601 g/mol. The third kappa shape index (κ3) is 7.48. The molecule has 1 atom stereocenters. The SMILES string of the molecule is CCNC(=O)C(Cc1ccccc1)N(Cc1c(Cl)cccc1Cl)C(=O)CN(c1ccc2c(c1)OCCO2)S(=O)(=O)CC. The quantitative estimate of drug-likeness (QED) is 0.310. The second-order valence-electron chi connectivity index (χ2n) is 9.56. The monoisotopic (exact) mass is 633 g/mol. The number of ether oxygens (including phenoxy) is 2. The van der Waals surface area contributed by atoms with Crippen molar-refractivity contribution in [3.8, 4) is 11.5 Å². The van der Waals surface area contributed by atoms with Gasteiger partial charge in [-0.05, 0) is 43.7 Å². The summed E-state index contributed by atoms with van der Waals surface area (Å²) in [7, 11) is -3.94. The minimum Gasteiger partial charge on any atom is -0.486 e. The van der Waals surface area contributed by atoms with Crippen LogP contribution in [0.3, 0.4) is 0 Å². The molecule has 12 heteroatoms. The summed E-state index contributed by atoms with van der Waals surface area (Å²) in [5.41, 5.74) is 1.50. The fourth-order valence-electron chi connectivity index (χ4n) is 4.61. The van der Waals surface area contributed by atoms with Crippen LogP contribution < -0.4 is 19.1 Å². The van der Waals surface area contributed by atoms with Gasteiger partial charge < -0.3 is 19.7 Å². The highest BCUT2D eigenvalue weighted by molar-refractivity contribution is 7.92. The van der Waals surface area contributed by atoms with Gasteiger partial charge in [0.2, 0.25) is 21.8 Å². The Balaban J connectivity index is 1.77. The molecule has 224 valence electrons. The molecule has 42 heavy (non-hydrogen) atoms. The molecule has 4 rings (SSSR count). The first-order valence-electron chi connectivity index (χ1n) is 13.6. The number of rotatable bonds is 12. The number of hydrogen-bond donors (Lipinski definition) is 1. The van der Waals surface area contributed by atoms with Crippen LogP contribution in [-0.2, 0) is 32.6 Å². The van der Waals surface area contributed by atoms with E-state index in [0.29, 0.717) is 46.9 Å². The standard InChI is InChI=1S/C30H33Cl2N3O6S/c1-3-33-30(37)26(17-21-9-6-5-7-10-21)34(19-23-24(31)11-8-12-25(23)32)29(36)20-35(42(38,39)4-2)22-13-14-27-28(18-22)41-16-15-40-27/h5-14,18,26H,3-4,15-17,19-20H2,1-2H3,(H,33,37). The lowest BCUT2D eigenvalue weighted by Crippen LogP contribution is -2.53. The van der Waals surface area contributed by atoms with Crippen LogP contribution in [-0.4, -0.2) is 63.2 Å². The van der Waals surface area contributed by atoms with Gasteiger partial charge >= 0.3 is 0 Å². The molecule has 3 aromatic carbocycles. The van der Waals surface area contributed by atoms with E-state index >= 15 is 0 Å². The summed E-state index contributed by atoms with van der Waals surface area (Å²) >= 11 is 13.0. The number of carbonyl (C=O) groups excluding carboxylic acids is 2. The zero-order chi connectivity index (χ0) is 30.3. The summed E-state index contributed by atoms with van der Waals surface area (Å²) in [4.78, 5) is 29.1. The number of sulfonamides is 1. The maximum atomic E-state index is 14.2. The predicted octanol–water partition coefficient (Wildman–Crippen LogP) is 4.70. The number of anilines is 1. The molecule has 0 saturated carbocycles. The lowest BCUT2D eigenvalue weighted by molar-refractivity contribution is -0.140. The molecule has 2 amide bonds. The number of hydrogen-bond acceptors (Lipinski definition) is 6.